The Balaban J connectivity index is 1.53. The van der Waals surface area contributed by atoms with Crippen LogP contribution in [-0.2, 0) is 9.53 Å². The molecule has 0 unspecified atom stereocenters. The molecule has 0 spiro atoms. The summed E-state index contributed by atoms with van der Waals surface area (Å²) in [6.07, 6.45) is 4.23. The molecule has 2 fully saturated rings. The normalized spacial score (nSPS) is 18.7. The fourth-order valence-corrected chi connectivity index (χ4v) is 4.69. The summed E-state index contributed by atoms with van der Waals surface area (Å²) < 4.78 is 12.1. The zero-order valence-corrected chi connectivity index (χ0v) is 23.8. The molecule has 0 saturated carbocycles. The second-order valence-electron chi connectivity index (χ2n) is 10.1. The highest BCUT2D eigenvalue weighted by Gasteiger charge is 2.25. The predicted molar refractivity (Wildman–Crippen MR) is 150 cm³/mol. The average molecular weight is 577 g/mol. The highest BCUT2D eigenvalue weighted by Crippen LogP contribution is 2.32. The van der Waals surface area contributed by atoms with E-state index in [1.807, 2.05) is 25.2 Å². The van der Waals surface area contributed by atoms with Crippen molar-refractivity contribution in [3.05, 3.63) is 28.9 Å². The molecule has 2 aliphatic rings. The molecule has 10 nitrogen and oxygen atoms in total. The van der Waals surface area contributed by atoms with Crippen molar-refractivity contribution >= 4 is 44.8 Å². The van der Waals surface area contributed by atoms with Crippen molar-refractivity contribution in [1.82, 2.24) is 19.8 Å². The number of nitrogens with zero attached hydrogens (tertiary/aromatic N) is 5. The van der Waals surface area contributed by atoms with Crippen molar-refractivity contribution in [3.8, 4) is 5.88 Å². The third-order valence-corrected chi connectivity index (χ3v) is 7.32. The fourth-order valence-electron chi connectivity index (χ4n) is 4.41. The molecule has 0 aliphatic carbocycles. The maximum atomic E-state index is 13.2. The van der Waals surface area contributed by atoms with E-state index in [4.69, 9.17) is 9.47 Å². The summed E-state index contributed by atoms with van der Waals surface area (Å²) in [4.78, 5) is 28.7. The Kier molecular flexibility index (Phi) is 9.58. The number of nitrogens with one attached hydrogen (secondary N) is 2. The van der Waals surface area contributed by atoms with Gasteiger partial charge in [0.05, 0.1) is 35.3 Å². The first-order chi connectivity index (χ1) is 17.8. The lowest BCUT2D eigenvalue weighted by atomic mass is 9.96. The number of likely N-dealkylation sites (N-methyl/N-ethyl adjacent to an activating group) is 2. The van der Waals surface area contributed by atoms with Gasteiger partial charge >= 0.3 is 0 Å². The molecule has 2 N–H and O–H groups in total. The van der Waals surface area contributed by atoms with Gasteiger partial charge in [-0.25, -0.2) is 4.98 Å². The van der Waals surface area contributed by atoms with Gasteiger partial charge in [-0.2, -0.15) is 4.98 Å². The van der Waals surface area contributed by atoms with Crippen molar-refractivity contribution < 1.29 is 14.3 Å². The molecule has 2 saturated heterocycles. The molecular weight excluding hydrogens is 538 g/mol. The Bertz CT molecular complexity index is 1060. The number of carbonyl (C=O) groups excluding carboxylic acids is 1. The van der Waals surface area contributed by atoms with Crippen LogP contribution in [0, 0.1) is 5.92 Å². The molecule has 2 aliphatic heterocycles. The minimum Gasteiger partial charge on any atom is -0.471 e. The van der Waals surface area contributed by atoms with Crippen LogP contribution in [0.15, 0.2) is 28.9 Å². The largest absolute Gasteiger partial charge is 0.471 e. The average Bonchev–Trinajstić information content (AvgIpc) is 3.38. The van der Waals surface area contributed by atoms with Gasteiger partial charge < -0.3 is 34.8 Å². The van der Waals surface area contributed by atoms with E-state index in [-0.39, 0.29) is 17.9 Å². The number of halogens is 1. The van der Waals surface area contributed by atoms with Gasteiger partial charge in [-0.3, -0.25) is 4.79 Å². The molecule has 37 heavy (non-hydrogen) atoms. The lowest BCUT2D eigenvalue weighted by Crippen LogP contribution is -2.36. The van der Waals surface area contributed by atoms with Crippen LogP contribution in [0.3, 0.4) is 0 Å². The number of ether oxygens (including phenoxy) is 2. The summed E-state index contributed by atoms with van der Waals surface area (Å²) in [7, 11) is 8.26. The van der Waals surface area contributed by atoms with Gasteiger partial charge in [0, 0.05) is 38.2 Å². The number of rotatable bonds is 10. The van der Waals surface area contributed by atoms with Crippen LogP contribution in [0.2, 0.25) is 0 Å². The molecular formula is C26H38BrN7O3. The molecule has 3 heterocycles. The highest BCUT2D eigenvalue weighted by molar-refractivity contribution is 9.10. The molecule has 0 radical (unpaired) electrons. The molecule has 4 rings (SSSR count). The molecule has 11 heteroatoms. The molecule has 2 aromatic rings. The van der Waals surface area contributed by atoms with Crippen molar-refractivity contribution in [3.63, 3.8) is 0 Å². The van der Waals surface area contributed by atoms with E-state index in [2.05, 4.69) is 72.4 Å². The first-order valence-corrected chi connectivity index (χ1v) is 13.6. The van der Waals surface area contributed by atoms with Crippen LogP contribution in [-0.4, -0.2) is 99.4 Å². The maximum Gasteiger partial charge on any atom is 0.233 e. The van der Waals surface area contributed by atoms with Crippen LogP contribution >= 0.6 is 15.9 Å². The number of aromatic nitrogens is 2. The van der Waals surface area contributed by atoms with Gasteiger partial charge in [0.2, 0.25) is 17.7 Å². The number of benzene rings is 1. The Morgan fingerprint density at radius 3 is 2.70 bits per heavy atom. The second kappa shape index (κ2) is 12.9. The number of hydrogen-bond donors (Lipinski definition) is 2. The van der Waals surface area contributed by atoms with Gasteiger partial charge in [0.25, 0.3) is 0 Å². The van der Waals surface area contributed by atoms with Crippen LogP contribution in [0.1, 0.15) is 19.3 Å². The third kappa shape index (κ3) is 7.76. The minimum absolute atomic E-state index is 0.0156. The van der Waals surface area contributed by atoms with Crippen LogP contribution in [0.25, 0.3) is 0 Å². The molecule has 1 atom stereocenters. The number of carbonyl (C=O) groups is 1. The van der Waals surface area contributed by atoms with E-state index >= 15 is 0 Å². The SMILES string of the molecule is CN(C)CCN(C)c1ccc(Nc2ncc(Br)c(O[C@@H]3CCOC3)n2)cc1NC(=O)C1CCN(C)CC1. The summed E-state index contributed by atoms with van der Waals surface area (Å²) in [5.41, 5.74) is 2.52. The van der Waals surface area contributed by atoms with E-state index in [1.54, 1.807) is 6.20 Å². The van der Waals surface area contributed by atoms with E-state index in [0.29, 0.717) is 29.5 Å². The van der Waals surface area contributed by atoms with E-state index in [1.165, 1.54) is 0 Å². The molecule has 202 valence electrons. The van der Waals surface area contributed by atoms with Crippen molar-refractivity contribution in [2.75, 3.05) is 83.1 Å². The first-order valence-electron chi connectivity index (χ1n) is 12.8. The number of hydrogen-bond acceptors (Lipinski definition) is 9. The fraction of sp³-hybridized carbons (Fsp3) is 0.577. The summed E-state index contributed by atoms with van der Waals surface area (Å²) in [5, 5.41) is 6.49. The number of amides is 1. The highest BCUT2D eigenvalue weighted by atomic mass is 79.9. The van der Waals surface area contributed by atoms with Crippen molar-refractivity contribution in [2.45, 2.75) is 25.4 Å². The Morgan fingerprint density at radius 2 is 2.00 bits per heavy atom. The molecule has 1 aromatic heterocycles. The van der Waals surface area contributed by atoms with Crippen molar-refractivity contribution in [2.24, 2.45) is 5.92 Å². The lowest BCUT2D eigenvalue weighted by molar-refractivity contribution is -0.121. The van der Waals surface area contributed by atoms with Gasteiger partial charge in [0.1, 0.15) is 6.10 Å². The molecule has 1 amide bonds. The van der Waals surface area contributed by atoms with Gasteiger partial charge in [-0.15, -0.1) is 0 Å². The van der Waals surface area contributed by atoms with Gasteiger partial charge in [0.15, 0.2) is 0 Å². The number of anilines is 4. The molecule has 0 bridgehead atoms. The summed E-state index contributed by atoms with van der Waals surface area (Å²) >= 11 is 3.48. The monoisotopic (exact) mass is 575 g/mol. The summed E-state index contributed by atoms with van der Waals surface area (Å²) in [6, 6.07) is 5.95. The van der Waals surface area contributed by atoms with Gasteiger partial charge in [-0.1, -0.05) is 0 Å². The second-order valence-corrected chi connectivity index (χ2v) is 11.0. The summed E-state index contributed by atoms with van der Waals surface area (Å²) in [6.45, 7) is 4.86. The van der Waals surface area contributed by atoms with Gasteiger partial charge in [-0.05, 0) is 81.2 Å². The Labute approximate surface area is 227 Å². The van der Waals surface area contributed by atoms with Crippen LogP contribution in [0.4, 0.5) is 23.0 Å². The standard InChI is InChI=1S/C26H38BrN7O3/c1-32(2)12-13-34(4)23-6-5-19(15-22(23)30-24(35)18-7-10-33(3)11-8-18)29-26-28-16-21(27)25(31-26)37-20-9-14-36-17-20/h5-6,15-16,18,20H,7-14,17H2,1-4H3,(H,30,35)(H,28,29,31)/t20-/m1/s1. The van der Waals surface area contributed by atoms with E-state index < -0.39 is 0 Å². The maximum absolute atomic E-state index is 13.2. The van der Waals surface area contributed by atoms with Crippen LogP contribution < -0.4 is 20.3 Å². The van der Waals surface area contributed by atoms with Crippen molar-refractivity contribution in [1.29, 1.82) is 0 Å². The zero-order chi connectivity index (χ0) is 26.4. The van der Waals surface area contributed by atoms with E-state index in [9.17, 15) is 4.79 Å². The molecule has 1 aromatic carbocycles. The topological polar surface area (TPSA) is 95.1 Å². The van der Waals surface area contributed by atoms with Crippen LogP contribution in [0.5, 0.6) is 5.88 Å². The smallest absolute Gasteiger partial charge is 0.233 e. The van der Waals surface area contributed by atoms with E-state index in [0.717, 1.165) is 62.5 Å². The first kappa shape index (κ1) is 27.6. The third-order valence-electron chi connectivity index (χ3n) is 6.77. The Morgan fingerprint density at radius 1 is 1.22 bits per heavy atom. The number of likely N-dealkylation sites (tertiary alicyclic amines) is 1. The quantitative estimate of drug-likeness (QED) is 0.441. The number of piperidine rings is 1. The predicted octanol–water partition coefficient (Wildman–Crippen LogP) is 3.43. The lowest BCUT2D eigenvalue weighted by Gasteiger charge is -2.29. The zero-order valence-electron chi connectivity index (χ0n) is 22.2. The minimum atomic E-state index is -0.0163. The Hall–Kier alpha value is -2.47. The summed E-state index contributed by atoms with van der Waals surface area (Å²) in [5.74, 6) is 0.978.